The van der Waals surface area contributed by atoms with E-state index in [1.54, 1.807) is 0 Å². The third kappa shape index (κ3) is 35.0. The molecule has 0 aliphatic rings. The molecular formula is C40H82INO2. The van der Waals surface area contributed by atoms with E-state index >= 15 is 0 Å². The van der Waals surface area contributed by atoms with Crippen molar-refractivity contribution in [2.75, 3.05) is 33.3 Å². The van der Waals surface area contributed by atoms with Crippen molar-refractivity contribution < 1.29 is 38.0 Å². The van der Waals surface area contributed by atoms with Gasteiger partial charge in [0.05, 0.1) is 20.1 Å². The summed E-state index contributed by atoms with van der Waals surface area (Å²) in [5, 5.41) is 0. The maximum atomic E-state index is 12.3. The van der Waals surface area contributed by atoms with Crippen LogP contribution in [0, 0.1) is 0 Å². The van der Waals surface area contributed by atoms with Crippen molar-refractivity contribution in [1.29, 1.82) is 0 Å². The fourth-order valence-electron chi connectivity index (χ4n) is 6.51. The molecule has 0 aromatic rings. The van der Waals surface area contributed by atoms with Crippen LogP contribution in [0.5, 0.6) is 0 Å². The number of carbonyl (C=O) groups is 1. The normalized spacial score (nSPS) is 12.6. The monoisotopic (exact) mass is 736 g/mol. The number of hydrogen-bond donors (Lipinski definition) is 0. The summed E-state index contributed by atoms with van der Waals surface area (Å²) >= 11 is 0. The lowest BCUT2D eigenvalue weighted by Crippen LogP contribution is -3.00. The predicted molar refractivity (Wildman–Crippen MR) is 192 cm³/mol. The standard InChI is InChI=1S/C40H82NO2.HI/c1-5-8-11-14-17-19-21-22-23-24-26-28-31-34-37-41(4,36-33-30-27-25-20-18-15-12-9-6-2)38-39-43-40(42)35-32-29-16-13-10-7-3;/h5-39H2,1-4H3;1H/q+1;/p-1. The molecule has 0 radical (unpaired) electrons. The molecule has 0 amide bonds. The number of unbranched alkanes of at least 4 members (excludes halogenated alkanes) is 27. The Balaban J connectivity index is 0. The van der Waals surface area contributed by atoms with Crippen molar-refractivity contribution in [2.24, 2.45) is 0 Å². The van der Waals surface area contributed by atoms with Crippen molar-refractivity contribution in [1.82, 2.24) is 0 Å². The molecule has 4 heteroatoms. The summed E-state index contributed by atoms with van der Waals surface area (Å²) in [6.45, 7) is 10.9. The average Bonchev–Trinajstić information content (AvgIpc) is 3.00. The average molecular weight is 736 g/mol. The van der Waals surface area contributed by atoms with E-state index in [-0.39, 0.29) is 29.9 Å². The molecule has 0 rings (SSSR count). The van der Waals surface area contributed by atoms with Gasteiger partial charge in [-0.15, -0.1) is 0 Å². The molecule has 0 aliphatic heterocycles. The smallest absolute Gasteiger partial charge is 0.305 e. The van der Waals surface area contributed by atoms with Crippen LogP contribution in [0.3, 0.4) is 0 Å². The first-order chi connectivity index (χ1) is 21.1. The van der Waals surface area contributed by atoms with Crippen LogP contribution < -0.4 is 24.0 Å². The molecule has 0 heterocycles. The first kappa shape index (κ1) is 46.3. The SMILES string of the molecule is CCCCCCCCCCCCCCCC[N+](C)(CCCCCCCCCCCC)CCOC(=O)CCCCCCCC.[I-]. The highest BCUT2D eigenvalue weighted by atomic mass is 127. The molecular weight excluding hydrogens is 653 g/mol. The molecule has 1 unspecified atom stereocenters. The van der Waals surface area contributed by atoms with Crippen molar-refractivity contribution in [3.8, 4) is 0 Å². The predicted octanol–water partition coefficient (Wildman–Crippen LogP) is 10.1. The van der Waals surface area contributed by atoms with E-state index in [9.17, 15) is 4.79 Å². The van der Waals surface area contributed by atoms with E-state index in [0.717, 1.165) is 17.4 Å². The van der Waals surface area contributed by atoms with Gasteiger partial charge >= 0.3 is 5.97 Å². The third-order valence-corrected chi connectivity index (χ3v) is 9.73. The minimum absolute atomic E-state index is 0. The van der Waals surface area contributed by atoms with Gasteiger partial charge in [0.2, 0.25) is 0 Å². The number of rotatable bonds is 36. The fourth-order valence-corrected chi connectivity index (χ4v) is 6.51. The van der Waals surface area contributed by atoms with E-state index in [2.05, 4.69) is 27.8 Å². The Morgan fingerprint density at radius 3 is 1.00 bits per heavy atom. The second-order valence-corrected chi connectivity index (χ2v) is 14.3. The lowest BCUT2D eigenvalue weighted by atomic mass is 10.0. The molecule has 266 valence electrons. The summed E-state index contributed by atoms with van der Waals surface area (Å²) in [5.74, 6) is 0.0254. The number of hydrogen-bond acceptors (Lipinski definition) is 2. The summed E-state index contributed by atoms with van der Waals surface area (Å²) in [5.41, 5.74) is 0. The summed E-state index contributed by atoms with van der Waals surface area (Å²) in [6.07, 6.45) is 41.7. The highest BCUT2D eigenvalue weighted by Crippen LogP contribution is 2.16. The fraction of sp³-hybridized carbons (Fsp3) is 0.975. The first-order valence-corrected chi connectivity index (χ1v) is 20.1. The van der Waals surface area contributed by atoms with Crippen LogP contribution in [-0.2, 0) is 9.53 Å². The molecule has 0 aromatic carbocycles. The van der Waals surface area contributed by atoms with Crippen LogP contribution in [-0.4, -0.2) is 43.7 Å². The molecule has 0 saturated heterocycles. The Morgan fingerprint density at radius 1 is 0.409 bits per heavy atom. The van der Waals surface area contributed by atoms with Crippen LogP contribution >= 0.6 is 0 Å². The van der Waals surface area contributed by atoms with Gasteiger partial charge in [-0.25, -0.2) is 0 Å². The van der Waals surface area contributed by atoms with Gasteiger partial charge in [0.25, 0.3) is 0 Å². The van der Waals surface area contributed by atoms with Gasteiger partial charge in [-0.1, -0.05) is 181 Å². The summed E-state index contributed by atoms with van der Waals surface area (Å²) < 4.78 is 6.82. The van der Waals surface area contributed by atoms with E-state index in [4.69, 9.17) is 4.74 Å². The number of likely N-dealkylation sites (N-methyl/N-ethyl adjacent to an activating group) is 1. The van der Waals surface area contributed by atoms with Crippen molar-refractivity contribution in [3.63, 3.8) is 0 Å². The van der Waals surface area contributed by atoms with Gasteiger partial charge in [-0.2, -0.15) is 0 Å². The number of halogens is 1. The molecule has 0 spiro atoms. The van der Waals surface area contributed by atoms with Crippen molar-refractivity contribution in [2.45, 2.75) is 220 Å². The Morgan fingerprint density at radius 2 is 0.682 bits per heavy atom. The van der Waals surface area contributed by atoms with E-state index in [0.29, 0.717) is 13.0 Å². The van der Waals surface area contributed by atoms with Crippen LogP contribution in [0.15, 0.2) is 0 Å². The Labute approximate surface area is 295 Å². The lowest BCUT2D eigenvalue weighted by molar-refractivity contribution is -0.910. The molecule has 0 aromatic heterocycles. The first-order valence-electron chi connectivity index (χ1n) is 20.1. The zero-order valence-electron chi connectivity index (χ0n) is 30.9. The highest BCUT2D eigenvalue weighted by molar-refractivity contribution is 5.69. The maximum Gasteiger partial charge on any atom is 0.305 e. The highest BCUT2D eigenvalue weighted by Gasteiger charge is 2.21. The second kappa shape index (κ2) is 37.6. The van der Waals surface area contributed by atoms with Gasteiger partial charge in [-0.3, -0.25) is 4.79 Å². The number of carbonyl (C=O) groups excluding carboxylic acids is 1. The molecule has 0 bridgehead atoms. The van der Waals surface area contributed by atoms with Gasteiger partial charge in [0, 0.05) is 6.42 Å². The Bertz CT molecular complexity index is 557. The quantitative estimate of drug-likeness (QED) is 0.0277. The van der Waals surface area contributed by atoms with Gasteiger partial charge in [0.15, 0.2) is 0 Å². The van der Waals surface area contributed by atoms with E-state index in [1.165, 1.54) is 199 Å². The zero-order valence-corrected chi connectivity index (χ0v) is 33.0. The molecule has 3 nitrogen and oxygen atoms in total. The second-order valence-electron chi connectivity index (χ2n) is 14.3. The zero-order chi connectivity index (χ0) is 31.5. The summed E-state index contributed by atoms with van der Waals surface area (Å²) in [6, 6.07) is 0. The van der Waals surface area contributed by atoms with Gasteiger partial charge in [-0.05, 0) is 32.1 Å². The van der Waals surface area contributed by atoms with Crippen molar-refractivity contribution in [3.05, 3.63) is 0 Å². The number of nitrogens with zero attached hydrogens (tertiary/aromatic N) is 1. The molecule has 0 fully saturated rings. The van der Waals surface area contributed by atoms with Crippen LogP contribution in [0.1, 0.15) is 220 Å². The molecule has 0 aliphatic carbocycles. The molecule has 0 saturated carbocycles. The van der Waals surface area contributed by atoms with Crippen LogP contribution in [0.25, 0.3) is 0 Å². The van der Waals surface area contributed by atoms with Crippen LogP contribution in [0.2, 0.25) is 0 Å². The Kier molecular flexibility index (Phi) is 39.6. The summed E-state index contributed by atoms with van der Waals surface area (Å²) in [4.78, 5) is 12.3. The van der Waals surface area contributed by atoms with E-state index in [1.807, 2.05) is 0 Å². The largest absolute Gasteiger partial charge is 1.00 e. The molecule has 1 atom stereocenters. The van der Waals surface area contributed by atoms with Crippen LogP contribution in [0.4, 0.5) is 0 Å². The number of quaternary nitrogens is 1. The number of esters is 1. The third-order valence-electron chi connectivity index (χ3n) is 9.73. The Hall–Kier alpha value is 0.160. The van der Waals surface area contributed by atoms with Gasteiger partial charge in [0.1, 0.15) is 13.2 Å². The maximum absolute atomic E-state index is 12.3. The minimum Gasteiger partial charge on any atom is -1.00 e. The topological polar surface area (TPSA) is 26.3 Å². The van der Waals surface area contributed by atoms with E-state index < -0.39 is 0 Å². The molecule has 0 N–H and O–H groups in total. The van der Waals surface area contributed by atoms with Gasteiger partial charge < -0.3 is 33.2 Å². The lowest BCUT2D eigenvalue weighted by Gasteiger charge is -2.34. The van der Waals surface area contributed by atoms with Crippen molar-refractivity contribution >= 4 is 5.97 Å². The number of ether oxygens (including phenoxy) is 1. The minimum atomic E-state index is 0. The summed E-state index contributed by atoms with van der Waals surface area (Å²) in [7, 11) is 2.43. The molecule has 44 heavy (non-hydrogen) atoms.